The molecule has 0 spiro atoms. The van der Waals surface area contributed by atoms with Crippen LogP contribution >= 0.6 is 0 Å². The second kappa shape index (κ2) is 6.61. The Morgan fingerprint density at radius 1 is 1.17 bits per heavy atom. The van der Waals surface area contributed by atoms with E-state index in [0.29, 0.717) is 6.54 Å². The first-order chi connectivity index (χ1) is 11.6. The quantitative estimate of drug-likeness (QED) is 0.917. The molecule has 5 heteroatoms. The lowest BCUT2D eigenvalue weighted by atomic mass is 10.00. The standard InChI is InChI=1S/C19H20FNO3/c1-23-17-8-7-13(9-16(17)20)18(22)21-12-19(24-2)10-14-5-3-4-6-15(14)11-19/h3-9H,10-12H2,1-2H3,(H,21,22). The molecule has 0 radical (unpaired) electrons. The summed E-state index contributed by atoms with van der Waals surface area (Å²) in [6, 6.07) is 12.3. The maximum absolute atomic E-state index is 13.7. The number of rotatable bonds is 5. The monoisotopic (exact) mass is 329 g/mol. The van der Waals surface area contributed by atoms with Gasteiger partial charge in [-0.25, -0.2) is 4.39 Å². The van der Waals surface area contributed by atoms with Crippen molar-refractivity contribution in [1.29, 1.82) is 0 Å². The predicted molar refractivity (Wildman–Crippen MR) is 88.9 cm³/mol. The molecule has 1 amide bonds. The van der Waals surface area contributed by atoms with Crippen molar-refractivity contribution in [3.05, 3.63) is 65.0 Å². The molecule has 1 N–H and O–H groups in total. The van der Waals surface area contributed by atoms with Crippen molar-refractivity contribution in [1.82, 2.24) is 5.32 Å². The molecule has 0 atom stereocenters. The van der Waals surface area contributed by atoms with Crippen LogP contribution in [0.5, 0.6) is 5.75 Å². The zero-order valence-corrected chi connectivity index (χ0v) is 13.8. The van der Waals surface area contributed by atoms with Crippen molar-refractivity contribution in [2.45, 2.75) is 18.4 Å². The average molecular weight is 329 g/mol. The number of carbonyl (C=O) groups excluding carboxylic acids is 1. The number of benzene rings is 2. The molecule has 0 heterocycles. The highest BCUT2D eigenvalue weighted by Crippen LogP contribution is 2.32. The Balaban J connectivity index is 1.68. The molecule has 1 aliphatic carbocycles. The first-order valence-electron chi connectivity index (χ1n) is 7.80. The fraction of sp³-hybridized carbons (Fsp3) is 0.316. The van der Waals surface area contributed by atoms with Crippen LogP contribution < -0.4 is 10.1 Å². The van der Waals surface area contributed by atoms with Crippen LogP contribution in [0.15, 0.2) is 42.5 Å². The van der Waals surface area contributed by atoms with Gasteiger partial charge in [-0.1, -0.05) is 24.3 Å². The molecule has 3 rings (SSSR count). The highest BCUT2D eigenvalue weighted by Gasteiger charge is 2.37. The minimum Gasteiger partial charge on any atom is -0.494 e. The summed E-state index contributed by atoms with van der Waals surface area (Å²) in [6.45, 7) is 0.366. The zero-order valence-electron chi connectivity index (χ0n) is 13.8. The molecule has 0 aliphatic heterocycles. The summed E-state index contributed by atoms with van der Waals surface area (Å²) in [6.07, 6.45) is 1.49. The number of amides is 1. The van der Waals surface area contributed by atoms with Crippen molar-refractivity contribution < 1.29 is 18.7 Å². The summed E-state index contributed by atoms with van der Waals surface area (Å²) >= 11 is 0. The highest BCUT2D eigenvalue weighted by atomic mass is 19.1. The van der Waals surface area contributed by atoms with Crippen molar-refractivity contribution >= 4 is 5.91 Å². The van der Waals surface area contributed by atoms with Gasteiger partial charge in [-0.3, -0.25) is 4.79 Å². The van der Waals surface area contributed by atoms with Crippen molar-refractivity contribution in [3.8, 4) is 5.75 Å². The van der Waals surface area contributed by atoms with Gasteiger partial charge in [-0.15, -0.1) is 0 Å². The van der Waals surface area contributed by atoms with E-state index in [2.05, 4.69) is 17.4 Å². The van der Waals surface area contributed by atoms with Gasteiger partial charge < -0.3 is 14.8 Å². The maximum atomic E-state index is 13.7. The SMILES string of the molecule is COc1ccc(C(=O)NCC2(OC)Cc3ccccc3C2)cc1F. The number of halogens is 1. The number of ether oxygens (including phenoxy) is 2. The van der Waals surface area contributed by atoms with Crippen LogP contribution in [-0.2, 0) is 17.6 Å². The van der Waals surface area contributed by atoms with Crippen molar-refractivity contribution in [3.63, 3.8) is 0 Å². The maximum Gasteiger partial charge on any atom is 0.251 e. The Hall–Kier alpha value is -2.40. The minimum atomic E-state index is -0.556. The number of nitrogens with one attached hydrogen (secondary N) is 1. The van der Waals surface area contributed by atoms with Gasteiger partial charge in [0.25, 0.3) is 5.91 Å². The van der Waals surface area contributed by atoms with Gasteiger partial charge in [0.2, 0.25) is 0 Å². The molecule has 2 aromatic carbocycles. The van der Waals surface area contributed by atoms with Crippen molar-refractivity contribution in [2.24, 2.45) is 0 Å². The van der Waals surface area contributed by atoms with Gasteiger partial charge >= 0.3 is 0 Å². The number of fused-ring (bicyclic) bond motifs is 1. The molecule has 0 fully saturated rings. The second-order valence-electron chi connectivity index (χ2n) is 6.04. The van der Waals surface area contributed by atoms with E-state index in [1.807, 2.05) is 12.1 Å². The van der Waals surface area contributed by atoms with E-state index in [1.54, 1.807) is 13.2 Å². The smallest absolute Gasteiger partial charge is 0.251 e. The second-order valence-corrected chi connectivity index (χ2v) is 6.04. The van der Waals surface area contributed by atoms with Gasteiger partial charge in [0.1, 0.15) is 0 Å². The van der Waals surface area contributed by atoms with E-state index in [1.165, 1.54) is 30.4 Å². The minimum absolute atomic E-state index is 0.117. The van der Waals surface area contributed by atoms with Crippen LogP contribution in [0.1, 0.15) is 21.5 Å². The van der Waals surface area contributed by atoms with Gasteiger partial charge in [-0.2, -0.15) is 0 Å². The number of hydrogen-bond acceptors (Lipinski definition) is 3. The molecule has 1 aliphatic rings. The molecule has 0 aromatic heterocycles. The number of hydrogen-bond donors (Lipinski definition) is 1. The molecule has 2 aromatic rings. The molecule has 0 saturated carbocycles. The van der Waals surface area contributed by atoms with E-state index < -0.39 is 11.4 Å². The van der Waals surface area contributed by atoms with Crippen LogP contribution in [0.3, 0.4) is 0 Å². The molecule has 0 bridgehead atoms. The lowest BCUT2D eigenvalue weighted by Gasteiger charge is -2.27. The van der Waals surface area contributed by atoms with Crippen LogP contribution in [0.2, 0.25) is 0 Å². The van der Waals surface area contributed by atoms with Gasteiger partial charge in [0.05, 0.1) is 12.7 Å². The summed E-state index contributed by atoms with van der Waals surface area (Å²) in [4.78, 5) is 12.3. The summed E-state index contributed by atoms with van der Waals surface area (Å²) in [5.74, 6) is -0.769. The topological polar surface area (TPSA) is 47.6 Å². The fourth-order valence-corrected chi connectivity index (χ4v) is 3.15. The highest BCUT2D eigenvalue weighted by molar-refractivity contribution is 5.94. The Bertz CT molecular complexity index is 735. The third kappa shape index (κ3) is 3.12. The lowest BCUT2D eigenvalue weighted by Crippen LogP contribution is -2.45. The number of carbonyl (C=O) groups is 1. The molecule has 24 heavy (non-hydrogen) atoms. The number of methoxy groups -OCH3 is 2. The Kier molecular flexibility index (Phi) is 4.53. The molecule has 4 nitrogen and oxygen atoms in total. The van der Waals surface area contributed by atoms with E-state index in [9.17, 15) is 9.18 Å². The fourth-order valence-electron chi connectivity index (χ4n) is 3.15. The van der Waals surface area contributed by atoms with E-state index in [0.717, 1.165) is 12.8 Å². The van der Waals surface area contributed by atoms with Gasteiger partial charge in [-0.05, 0) is 29.3 Å². The van der Waals surface area contributed by atoms with Crippen LogP contribution in [-0.4, -0.2) is 32.3 Å². The zero-order chi connectivity index (χ0) is 17.2. The van der Waals surface area contributed by atoms with Crippen LogP contribution in [0.25, 0.3) is 0 Å². The first-order valence-corrected chi connectivity index (χ1v) is 7.80. The third-order valence-electron chi connectivity index (χ3n) is 4.56. The van der Waals surface area contributed by atoms with Gasteiger partial charge in [0, 0.05) is 32.1 Å². The summed E-state index contributed by atoms with van der Waals surface area (Å²) in [5.41, 5.74) is 2.29. The normalized spacial score (nSPS) is 15.0. The Morgan fingerprint density at radius 3 is 2.38 bits per heavy atom. The summed E-state index contributed by atoms with van der Waals surface area (Å²) in [7, 11) is 3.04. The van der Waals surface area contributed by atoms with E-state index in [4.69, 9.17) is 9.47 Å². The average Bonchev–Trinajstić information content (AvgIpc) is 2.99. The van der Waals surface area contributed by atoms with E-state index in [-0.39, 0.29) is 17.2 Å². The largest absolute Gasteiger partial charge is 0.494 e. The van der Waals surface area contributed by atoms with E-state index >= 15 is 0 Å². The van der Waals surface area contributed by atoms with Crippen LogP contribution in [0.4, 0.5) is 4.39 Å². The van der Waals surface area contributed by atoms with Crippen LogP contribution in [0, 0.1) is 5.82 Å². The molecule has 0 saturated heterocycles. The summed E-state index contributed by atoms with van der Waals surface area (Å²) in [5, 5.41) is 2.86. The molecule has 0 unspecified atom stereocenters. The van der Waals surface area contributed by atoms with Gasteiger partial charge in [0.15, 0.2) is 11.6 Å². The molecule has 126 valence electrons. The molecular weight excluding hydrogens is 309 g/mol. The molecular formula is C19H20FNO3. The first kappa shape index (κ1) is 16.5. The summed E-state index contributed by atoms with van der Waals surface area (Å²) < 4.78 is 24.3. The lowest BCUT2D eigenvalue weighted by molar-refractivity contribution is 0.000174. The Morgan fingerprint density at radius 2 is 1.83 bits per heavy atom. The Labute approximate surface area is 140 Å². The van der Waals surface area contributed by atoms with Crippen molar-refractivity contribution in [2.75, 3.05) is 20.8 Å². The predicted octanol–water partition coefficient (Wildman–Crippen LogP) is 2.75. The third-order valence-corrected chi connectivity index (χ3v) is 4.56.